The van der Waals surface area contributed by atoms with Crippen molar-refractivity contribution in [2.24, 2.45) is 0 Å². The molecule has 4 nitrogen and oxygen atoms in total. The summed E-state index contributed by atoms with van der Waals surface area (Å²) in [4.78, 5) is 14.4. The minimum Gasteiger partial charge on any atom is -0.371 e. The predicted octanol–water partition coefficient (Wildman–Crippen LogP) is 5.71. The van der Waals surface area contributed by atoms with Crippen LogP contribution in [-0.4, -0.2) is 22.8 Å². The average Bonchev–Trinajstić information content (AvgIpc) is 3.33. The van der Waals surface area contributed by atoms with E-state index in [0.717, 1.165) is 41.0 Å². The van der Waals surface area contributed by atoms with Crippen molar-refractivity contribution in [1.29, 1.82) is 0 Å². The van der Waals surface area contributed by atoms with Gasteiger partial charge in [0.2, 0.25) is 0 Å². The van der Waals surface area contributed by atoms with E-state index in [1.165, 1.54) is 6.20 Å². The second kappa shape index (κ2) is 7.02. The Morgan fingerprint density at radius 2 is 2.12 bits per heavy atom. The van der Waals surface area contributed by atoms with Crippen LogP contribution in [0.3, 0.4) is 0 Å². The SMILES string of the molecule is Cc1cc(C(=O)c2cnoc2C2CC2)c(Cl)c2c1SCCC2OC(C)C. The molecule has 1 atom stereocenters. The highest BCUT2D eigenvalue weighted by molar-refractivity contribution is 7.99. The maximum absolute atomic E-state index is 13.2. The molecule has 1 fully saturated rings. The van der Waals surface area contributed by atoms with Crippen LogP contribution in [0.1, 0.15) is 77.9 Å². The third kappa shape index (κ3) is 3.21. The maximum Gasteiger partial charge on any atom is 0.199 e. The van der Waals surface area contributed by atoms with E-state index in [1.807, 2.05) is 26.8 Å². The van der Waals surface area contributed by atoms with Crippen LogP contribution in [0.2, 0.25) is 5.02 Å². The van der Waals surface area contributed by atoms with Crippen LogP contribution < -0.4 is 0 Å². The standard InChI is InChI=1S/C20H22ClNO3S/c1-10(2)24-15-6-7-26-20-11(3)8-13(17(21)16(15)20)18(23)14-9-22-25-19(14)12-4-5-12/h8-10,12,15H,4-7H2,1-3H3. The zero-order valence-electron chi connectivity index (χ0n) is 15.2. The number of benzene rings is 1. The number of ketones is 1. The Morgan fingerprint density at radius 3 is 2.81 bits per heavy atom. The van der Waals surface area contributed by atoms with Crippen molar-refractivity contribution < 1.29 is 14.1 Å². The summed E-state index contributed by atoms with van der Waals surface area (Å²) in [5.41, 5.74) is 3.09. The summed E-state index contributed by atoms with van der Waals surface area (Å²) in [5, 5.41) is 4.37. The predicted molar refractivity (Wildman–Crippen MR) is 102 cm³/mol. The smallest absolute Gasteiger partial charge is 0.199 e. The van der Waals surface area contributed by atoms with Gasteiger partial charge in [0.05, 0.1) is 29.0 Å². The molecule has 2 heterocycles. The number of aromatic nitrogens is 1. The average molecular weight is 392 g/mol. The van der Waals surface area contributed by atoms with E-state index in [1.54, 1.807) is 11.8 Å². The Labute approximate surface area is 162 Å². The molecule has 1 unspecified atom stereocenters. The maximum atomic E-state index is 13.2. The highest BCUT2D eigenvalue weighted by Gasteiger charge is 2.35. The van der Waals surface area contributed by atoms with Crippen molar-refractivity contribution >= 4 is 29.1 Å². The summed E-state index contributed by atoms with van der Waals surface area (Å²) in [6, 6.07) is 1.90. The zero-order valence-corrected chi connectivity index (χ0v) is 16.7. The lowest BCUT2D eigenvalue weighted by molar-refractivity contribution is 0.00272. The van der Waals surface area contributed by atoms with Crippen LogP contribution >= 0.6 is 23.4 Å². The molecule has 2 aromatic rings. The Kier molecular flexibility index (Phi) is 4.88. The monoisotopic (exact) mass is 391 g/mol. The van der Waals surface area contributed by atoms with Crippen molar-refractivity contribution in [1.82, 2.24) is 5.16 Å². The molecule has 4 rings (SSSR count). The number of hydrogen-bond donors (Lipinski definition) is 0. The molecule has 0 amide bonds. The molecule has 1 aliphatic carbocycles. The van der Waals surface area contributed by atoms with E-state index >= 15 is 0 Å². The first-order valence-electron chi connectivity index (χ1n) is 9.08. The lowest BCUT2D eigenvalue weighted by atomic mass is 9.95. The number of carbonyl (C=O) groups excluding carboxylic acids is 1. The van der Waals surface area contributed by atoms with Crippen LogP contribution in [-0.2, 0) is 4.74 Å². The van der Waals surface area contributed by atoms with E-state index < -0.39 is 0 Å². The van der Waals surface area contributed by atoms with Crippen molar-refractivity contribution in [2.75, 3.05) is 5.75 Å². The number of carbonyl (C=O) groups is 1. The molecule has 1 aliphatic heterocycles. The summed E-state index contributed by atoms with van der Waals surface area (Å²) >= 11 is 8.56. The third-order valence-electron chi connectivity index (χ3n) is 4.86. The van der Waals surface area contributed by atoms with Gasteiger partial charge in [-0.15, -0.1) is 11.8 Å². The van der Waals surface area contributed by atoms with Crippen molar-refractivity contribution in [3.63, 3.8) is 0 Å². The molecule has 2 aliphatic rings. The summed E-state index contributed by atoms with van der Waals surface area (Å²) < 4.78 is 11.5. The van der Waals surface area contributed by atoms with Crippen LogP contribution in [0, 0.1) is 6.92 Å². The molecule has 1 aromatic carbocycles. The third-order valence-corrected chi connectivity index (χ3v) is 6.53. The van der Waals surface area contributed by atoms with Gasteiger partial charge in [0.1, 0.15) is 0 Å². The van der Waals surface area contributed by atoms with Crippen molar-refractivity contribution in [2.45, 2.75) is 63.1 Å². The summed E-state index contributed by atoms with van der Waals surface area (Å²) in [6.45, 7) is 6.08. The fraction of sp³-hybridized carbons (Fsp3) is 0.500. The van der Waals surface area contributed by atoms with Gasteiger partial charge < -0.3 is 9.26 Å². The van der Waals surface area contributed by atoms with Crippen molar-refractivity contribution in [3.05, 3.63) is 45.3 Å². The minimum atomic E-state index is -0.108. The largest absolute Gasteiger partial charge is 0.371 e. The number of thioether (sulfide) groups is 1. The number of rotatable bonds is 5. The van der Waals surface area contributed by atoms with Gasteiger partial charge in [-0.3, -0.25) is 4.79 Å². The quantitative estimate of drug-likeness (QED) is 0.611. The highest BCUT2D eigenvalue weighted by atomic mass is 35.5. The Morgan fingerprint density at radius 1 is 1.35 bits per heavy atom. The van der Waals surface area contributed by atoms with Gasteiger partial charge in [0.15, 0.2) is 11.5 Å². The van der Waals surface area contributed by atoms with Crippen LogP contribution in [0.25, 0.3) is 0 Å². The number of aryl methyl sites for hydroxylation is 1. The minimum absolute atomic E-state index is 0.0735. The highest BCUT2D eigenvalue weighted by Crippen LogP contribution is 2.47. The normalized spacial score (nSPS) is 19.7. The van der Waals surface area contributed by atoms with Crippen molar-refractivity contribution in [3.8, 4) is 0 Å². The fourth-order valence-corrected chi connectivity index (χ4v) is 5.15. The molecule has 1 saturated carbocycles. The number of nitrogens with zero attached hydrogens (tertiary/aromatic N) is 1. The van der Waals surface area contributed by atoms with E-state index in [2.05, 4.69) is 5.16 Å². The Hall–Kier alpha value is -1.30. The van der Waals surface area contributed by atoms with E-state index in [4.69, 9.17) is 20.9 Å². The van der Waals surface area contributed by atoms with Gasteiger partial charge >= 0.3 is 0 Å². The molecule has 0 N–H and O–H groups in total. The van der Waals surface area contributed by atoms with E-state index in [0.29, 0.717) is 27.8 Å². The van der Waals surface area contributed by atoms with E-state index in [-0.39, 0.29) is 18.0 Å². The second-order valence-electron chi connectivity index (χ2n) is 7.32. The van der Waals surface area contributed by atoms with Gasteiger partial charge in [-0.2, -0.15) is 0 Å². The summed E-state index contributed by atoms with van der Waals surface area (Å²) in [5.74, 6) is 1.90. The molecule has 0 spiro atoms. The molecule has 138 valence electrons. The number of hydrogen-bond acceptors (Lipinski definition) is 5. The molecule has 1 aromatic heterocycles. The molecular formula is C20H22ClNO3S. The molecule has 0 radical (unpaired) electrons. The first-order valence-corrected chi connectivity index (χ1v) is 10.4. The fourth-order valence-electron chi connectivity index (χ4n) is 3.53. The molecule has 0 bridgehead atoms. The lowest BCUT2D eigenvalue weighted by Crippen LogP contribution is -2.18. The zero-order chi connectivity index (χ0) is 18.4. The first kappa shape index (κ1) is 18.1. The second-order valence-corrected chi connectivity index (χ2v) is 8.80. The lowest BCUT2D eigenvalue weighted by Gasteiger charge is -2.30. The number of ether oxygens (including phenoxy) is 1. The molecule has 6 heteroatoms. The van der Waals surface area contributed by atoms with Crippen LogP contribution in [0.5, 0.6) is 0 Å². The summed E-state index contributed by atoms with van der Waals surface area (Å²) in [6.07, 6.45) is 4.55. The number of fused-ring (bicyclic) bond motifs is 1. The van der Waals surface area contributed by atoms with Gasteiger partial charge in [0.25, 0.3) is 0 Å². The van der Waals surface area contributed by atoms with Gasteiger partial charge in [-0.05, 0) is 51.7 Å². The first-order chi connectivity index (χ1) is 12.5. The molecule has 26 heavy (non-hydrogen) atoms. The Balaban J connectivity index is 1.79. The Bertz CT molecular complexity index is 857. The molecule has 0 saturated heterocycles. The topological polar surface area (TPSA) is 52.3 Å². The number of halogens is 1. The summed E-state index contributed by atoms with van der Waals surface area (Å²) in [7, 11) is 0. The molecular weight excluding hydrogens is 370 g/mol. The van der Waals surface area contributed by atoms with Gasteiger partial charge in [-0.1, -0.05) is 16.8 Å². The van der Waals surface area contributed by atoms with Gasteiger partial charge in [0, 0.05) is 27.7 Å². The van der Waals surface area contributed by atoms with Crippen LogP contribution in [0.4, 0.5) is 0 Å². The van der Waals surface area contributed by atoms with Gasteiger partial charge in [-0.25, -0.2) is 0 Å². The van der Waals surface area contributed by atoms with Crippen LogP contribution in [0.15, 0.2) is 21.7 Å². The van der Waals surface area contributed by atoms with E-state index in [9.17, 15) is 4.79 Å².